The molecule has 1 saturated heterocycles. The number of nitrogens with one attached hydrogen (secondary N) is 1. The molecule has 36 heavy (non-hydrogen) atoms. The Morgan fingerprint density at radius 3 is 2.33 bits per heavy atom. The summed E-state index contributed by atoms with van der Waals surface area (Å²) in [5.74, 6) is -2.76. The summed E-state index contributed by atoms with van der Waals surface area (Å²) in [5, 5.41) is 2.57. The normalized spacial score (nSPS) is 18.1. The standard InChI is InChI=1S/C23H25F4N5O4/c1-22(2,3)36-21(35)32-11-15(24)7-17(32)19(34)29-8-13-6-12(4-5-16(13)18(28)33)14-9-30-20(31-10-14)23(25,26)27/h4-6,9-10,15,17H,7-8,11H2,1-3H3,(H2,28,33)(H,29,34)/t15-,17+/m1/s1. The first-order valence-corrected chi connectivity index (χ1v) is 10.9. The molecule has 3 N–H and O–H groups in total. The molecule has 1 aromatic heterocycles. The van der Waals surface area contributed by atoms with Crippen LogP contribution in [-0.4, -0.2) is 57.1 Å². The largest absolute Gasteiger partial charge is 0.451 e. The molecule has 0 aliphatic carbocycles. The number of alkyl halides is 4. The molecule has 0 radical (unpaired) electrons. The lowest BCUT2D eigenvalue weighted by Gasteiger charge is -2.27. The van der Waals surface area contributed by atoms with E-state index in [-0.39, 0.29) is 36.2 Å². The maximum atomic E-state index is 14.1. The molecule has 2 aromatic rings. The summed E-state index contributed by atoms with van der Waals surface area (Å²) in [6.45, 7) is 4.40. The summed E-state index contributed by atoms with van der Waals surface area (Å²) < 4.78 is 57.6. The van der Waals surface area contributed by atoms with E-state index in [4.69, 9.17) is 10.5 Å². The molecule has 0 bridgehead atoms. The third-order valence-corrected chi connectivity index (χ3v) is 5.24. The van der Waals surface area contributed by atoms with E-state index in [9.17, 15) is 31.9 Å². The zero-order valence-corrected chi connectivity index (χ0v) is 19.7. The van der Waals surface area contributed by atoms with Crippen molar-refractivity contribution in [3.63, 3.8) is 0 Å². The molecular formula is C23H25F4N5O4. The van der Waals surface area contributed by atoms with E-state index < -0.39 is 47.7 Å². The molecular weight excluding hydrogens is 486 g/mol. The van der Waals surface area contributed by atoms with Crippen LogP contribution in [0.1, 0.15) is 48.9 Å². The highest BCUT2D eigenvalue weighted by molar-refractivity contribution is 5.95. The van der Waals surface area contributed by atoms with Crippen molar-refractivity contribution in [3.05, 3.63) is 47.5 Å². The fourth-order valence-corrected chi connectivity index (χ4v) is 3.64. The van der Waals surface area contributed by atoms with Gasteiger partial charge in [-0.25, -0.2) is 19.2 Å². The van der Waals surface area contributed by atoms with Crippen molar-refractivity contribution in [2.45, 2.75) is 57.7 Å². The summed E-state index contributed by atoms with van der Waals surface area (Å²) in [5.41, 5.74) is 5.50. The van der Waals surface area contributed by atoms with Gasteiger partial charge in [-0.1, -0.05) is 6.07 Å². The Labute approximate surface area is 204 Å². The number of benzene rings is 1. The number of nitrogens with two attached hydrogens (primary N) is 1. The Morgan fingerprint density at radius 2 is 1.78 bits per heavy atom. The summed E-state index contributed by atoms with van der Waals surface area (Å²) >= 11 is 0. The first kappa shape index (κ1) is 26.8. The molecule has 0 saturated carbocycles. The Kier molecular flexibility index (Phi) is 7.51. The number of hydrogen-bond donors (Lipinski definition) is 2. The smallest absolute Gasteiger partial charge is 0.444 e. The van der Waals surface area contributed by atoms with Crippen LogP contribution in [0.15, 0.2) is 30.6 Å². The summed E-state index contributed by atoms with van der Waals surface area (Å²) in [6.07, 6.45) is -5.21. The highest BCUT2D eigenvalue weighted by Gasteiger charge is 2.41. The van der Waals surface area contributed by atoms with Gasteiger partial charge >= 0.3 is 12.3 Å². The fraction of sp³-hybridized carbons (Fsp3) is 0.435. The minimum absolute atomic E-state index is 0.0608. The molecule has 9 nitrogen and oxygen atoms in total. The Hall–Kier alpha value is -3.77. The number of hydrogen-bond acceptors (Lipinski definition) is 6. The Morgan fingerprint density at radius 1 is 1.14 bits per heavy atom. The zero-order chi connectivity index (χ0) is 26.8. The predicted molar refractivity (Wildman–Crippen MR) is 119 cm³/mol. The molecule has 1 aliphatic rings. The number of rotatable bonds is 5. The van der Waals surface area contributed by atoms with Crippen LogP contribution in [0.5, 0.6) is 0 Å². The van der Waals surface area contributed by atoms with Gasteiger partial charge in [0.05, 0.1) is 6.54 Å². The summed E-state index contributed by atoms with van der Waals surface area (Å²) in [4.78, 5) is 44.8. The average Bonchev–Trinajstić information content (AvgIpc) is 3.17. The second kappa shape index (κ2) is 10.1. The van der Waals surface area contributed by atoms with Crippen LogP contribution in [0.4, 0.5) is 22.4 Å². The fourth-order valence-electron chi connectivity index (χ4n) is 3.64. The van der Waals surface area contributed by atoms with Crippen LogP contribution in [0.25, 0.3) is 11.1 Å². The van der Waals surface area contributed by atoms with E-state index in [1.54, 1.807) is 20.8 Å². The number of aromatic nitrogens is 2. The lowest BCUT2D eigenvalue weighted by molar-refractivity contribution is -0.145. The van der Waals surface area contributed by atoms with Gasteiger partial charge in [-0.2, -0.15) is 13.2 Å². The molecule has 194 valence electrons. The van der Waals surface area contributed by atoms with Crippen molar-refractivity contribution in [2.24, 2.45) is 5.73 Å². The third-order valence-electron chi connectivity index (χ3n) is 5.24. The van der Waals surface area contributed by atoms with E-state index in [2.05, 4.69) is 15.3 Å². The van der Waals surface area contributed by atoms with Gasteiger partial charge in [0.15, 0.2) is 0 Å². The molecule has 1 aliphatic heterocycles. The number of primary amides is 1. The monoisotopic (exact) mass is 511 g/mol. The minimum atomic E-state index is -4.70. The lowest BCUT2D eigenvalue weighted by Crippen LogP contribution is -2.47. The number of amides is 3. The number of nitrogens with zero attached hydrogens (tertiary/aromatic N) is 3. The highest BCUT2D eigenvalue weighted by Crippen LogP contribution is 2.28. The van der Waals surface area contributed by atoms with E-state index in [0.29, 0.717) is 5.56 Å². The molecule has 0 unspecified atom stereocenters. The Balaban J connectivity index is 1.79. The van der Waals surface area contributed by atoms with Gasteiger partial charge in [0.1, 0.15) is 17.8 Å². The SMILES string of the molecule is CC(C)(C)OC(=O)N1C[C@H](F)C[C@H]1C(=O)NCc1cc(-c2cnc(C(F)(F)F)nc2)ccc1C(N)=O. The van der Waals surface area contributed by atoms with Gasteiger partial charge in [0.25, 0.3) is 0 Å². The molecule has 3 rings (SSSR count). The van der Waals surface area contributed by atoms with Crippen molar-refractivity contribution in [2.75, 3.05) is 6.54 Å². The van der Waals surface area contributed by atoms with Crippen molar-refractivity contribution in [1.82, 2.24) is 20.2 Å². The molecule has 0 spiro atoms. The second-order valence-electron chi connectivity index (χ2n) is 9.23. The molecule has 1 fully saturated rings. The van der Waals surface area contributed by atoms with Crippen LogP contribution in [0, 0.1) is 0 Å². The molecule has 2 atom stereocenters. The number of halogens is 4. The van der Waals surface area contributed by atoms with Crippen LogP contribution >= 0.6 is 0 Å². The van der Waals surface area contributed by atoms with Gasteiger partial charge in [-0.05, 0) is 44.0 Å². The van der Waals surface area contributed by atoms with Gasteiger partial charge in [0, 0.05) is 36.5 Å². The predicted octanol–water partition coefficient (Wildman–Crippen LogP) is 3.23. The zero-order valence-electron chi connectivity index (χ0n) is 19.7. The summed E-state index contributed by atoms with van der Waals surface area (Å²) in [7, 11) is 0. The van der Waals surface area contributed by atoms with Crippen molar-refractivity contribution >= 4 is 17.9 Å². The van der Waals surface area contributed by atoms with Crippen LogP contribution in [0.3, 0.4) is 0 Å². The van der Waals surface area contributed by atoms with E-state index in [0.717, 1.165) is 17.3 Å². The van der Waals surface area contributed by atoms with Crippen molar-refractivity contribution in [3.8, 4) is 11.1 Å². The van der Waals surface area contributed by atoms with Crippen molar-refractivity contribution in [1.29, 1.82) is 0 Å². The Bertz CT molecular complexity index is 1150. The van der Waals surface area contributed by atoms with Crippen LogP contribution in [-0.2, 0) is 22.3 Å². The topological polar surface area (TPSA) is 128 Å². The van der Waals surface area contributed by atoms with E-state index in [1.807, 2.05) is 0 Å². The maximum Gasteiger partial charge on any atom is 0.451 e. The highest BCUT2D eigenvalue weighted by atomic mass is 19.4. The molecule has 13 heteroatoms. The lowest BCUT2D eigenvalue weighted by atomic mass is 10.00. The molecule has 1 aromatic carbocycles. The summed E-state index contributed by atoms with van der Waals surface area (Å²) in [6, 6.07) is 3.13. The molecule has 3 amide bonds. The number of ether oxygens (including phenoxy) is 1. The second-order valence-corrected chi connectivity index (χ2v) is 9.23. The van der Waals surface area contributed by atoms with E-state index >= 15 is 0 Å². The quantitative estimate of drug-likeness (QED) is 0.594. The van der Waals surface area contributed by atoms with Gasteiger partial charge in [-0.3, -0.25) is 14.5 Å². The maximum absolute atomic E-state index is 14.1. The van der Waals surface area contributed by atoms with Gasteiger partial charge in [-0.15, -0.1) is 0 Å². The van der Waals surface area contributed by atoms with Crippen LogP contribution < -0.4 is 11.1 Å². The van der Waals surface area contributed by atoms with Gasteiger partial charge in [0.2, 0.25) is 17.6 Å². The average molecular weight is 511 g/mol. The minimum Gasteiger partial charge on any atom is -0.444 e. The van der Waals surface area contributed by atoms with Crippen molar-refractivity contribution < 1.29 is 36.7 Å². The van der Waals surface area contributed by atoms with E-state index in [1.165, 1.54) is 18.2 Å². The first-order valence-electron chi connectivity index (χ1n) is 10.9. The third kappa shape index (κ3) is 6.46. The van der Waals surface area contributed by atoms with Crippen LogP contribution in [0.2, 0.25) is 0 Å². The van der Waals surface area contributed by atoms with Gasteiger partial charge < -0.3 is 15.8 Å². The number of carbonyl (C=O) groups is 3. The first-order chi connectivity index (χ1) is 16.7. The number of likely N-dealkylation sites (tertiary alicyclic amines) is 1. The molecule has 2 heterocycles. The number of carbonyl (C=O) groups excluding carboxylic acids is 3.